The van der Waals surface area contributed by atoms with E-state index in [1.807, 2.05) is 6.07 Å². The van der Waals surface area contributed by atoms with Gasteiger partial charge in [0.1, 0.15) is 13.2 Å². The lowest BCUT2D eigenvalue weighted by Gasteiger charge is -2.20. The molecule has 0 fully saturated rings. The molecule has 0 atom stereocenters. The Labute approximate surface area is 106 Å². The zero-order valence-electron chi connectivity index (χ0n) is 9.97. The molecule has 6 heteroatoms. The van der Waals surface area contributed by atoms with Crippen LogP contribution in [-0.4, -0.2) is 27.4 Å². The van der Waals surface area contributed by atoms with Crippen molar-refractivity contribution in [2.45, 2.75) is 18.2 Å². The standard InChI is InChI=1S/C12H13NO4S/c1-9-7-10-11(17-5-4-16-10)8-12(9)18(14,15)6-2-3-13/h7-8H,2,4-6H2,1H3. The molecule has 1 aliphatic heterocycles. The van der Waals surface area contributed by atoms with Crippen LogP contribution in [0, 0.1) is 18.3 Å². The van der Waals surface area contributed by atoms with E-state index in [9.17, 15) is 8.42 Å². The average molecular weight is 267 g/mol. The van der Waals surface area contributed by atoms with E-state index in [2.05, 4.69) is 0 Å². The highest BCUT2D eigenvalue weighted by Crippen LogP contribution is 2.35. The normalized spacial score (nSPS) is 14.0. The zero-order valence-corrected chi connectivity index (χ0v) is 10.8. The van der Waals surface area contributed by atoms with Crippen LogP contribution in [0.1, 0.15) is 12.0 Å². The fourth-order valence-corrected chi connectivity index (χ4v) is 3.21. The maximum absolute atomic E-state index is 12.1. The molecule has 0 saturated heterocycles. The third-order valence-electron chi connectivity index (χ3n) is 2.66. The smallest absolute Gasteiger partial charge is 0.179 e. The summed E-state index contributed by atoms with van der Waals surface area (Å²) in [7, 11) is -3.44. The van der Waals surface area contributed by atoms with Crippen molar-refractivity contribution in [1.29, 1.82) is 5.26 Å². The second-order valence-electron chi connectivity index (χ2n) is 3.99. The van der Waals surface area contributed by atoms with Crippen LogP contribution in [0.4, 0.5) is 0 Å². The summed E-state index contributed by atoms with van der Waals surface area (Å²) in [5.74, 6) is 0.838. The minimum Gasteiger partial charge on any atom is -0.486 e. The molecule has 5 nitrogen and oxygen atoms in total. The van der Waals surface area contributed by atoms with E-state index in [1.165, 1.54) is 6.07 Å². The van der Waals surface area contributed by atoms with Crippen molar-refractivity contribution in [3.63, 3.8) is 0 Å². The summed E-state index contributed by atoms with van der Waals surface area (Å²) < 4.78 is 34.8. The van der Waals surface area contributed by atoms with Crippen molar-refractivity contribution >= 4 is 9.84 Å². The number of nitrogens with zero attached hydrogens (tertiary/aromatic N) is 1. The van der Waals surface area contributed by atoms with Crippen LogP contribution in [-0.2, 0) is 9.84 Å². The molecule has 1 aromatic rings. The number of aryl methyl sites for hydroxylation is 1. The first-order valence-corrected chi connectivity index (χ1v) is 7.20. The lowest BCUT2D eigenvalue weighted by atomic mass is 10.2. The van der Waals surface area contributed by atoms with Crippen LogP contribution in [0.3, 0.4) is 0 Å². The van der Waals surface area contributed by atoms with Gasteiger partial charge in [0.05, 0.1) is 16.7 Å². The van der Waals surface area contributed by atoms with Gasteiger partial charge in [-0.2, -0.15) is 5.26 Å². The van der Waals surface area contributed by atoms with Gasteiger partial charge in [0, 0.05) is 12.5 Å². The van der Waals surface area contributed by atoms with Crippen molar-refractivity contribution in [3.05, 3.63) is 17.7 Å². The predicted octanol–water partition coefficient (Wildman–Crippen LogP) is 1.45. The Morgan fingerprint density at radius 2 is 1.89 bits per heavy atom. The van der Waals surface area contributed by atoms with Crippen LogP contribution in [0.5, 0.6) is 11.5 Å². The Kier molecular flexibility index (Phi) is 3.43. The van der Waals surface area contributed by atoms with E-state index in [0.717, 1.165) is 0 Å². The van der Waals surface area contributed by atoms with Crippen LogP contribution in [0.25, 0.3) is 0 Å². The largest absolute Gasteiger partial charge is 0.486 e. The molecular formula is C12H13NO4S. The van der Waals surface area contributed by atoms with E-state index < -0.39 is 9.84 Å². The van der Waals surface area contributed by atoms with Gasteiger partial charge < -0.3 is 9.47 Å². The van der Waals surface area contributed by atoms with Gasteiger partial charge in [0.15, 0.2) is 21.3 Å². The first kappa shape index (κ1) is 12.7. The second-order valence-corrected chi connectivity index (χ2v) is 6.07. The van der Waals surface area contributed by atoms with Crippen LogP contribution in [0.15, 0.2) is 17.0 Å². The Balaban J connectivity index is 2.43. The number of hydrogen-bond donors (Lipinski definition) is 0. The highest BCUT2D eigenvalue weighted by molar-refractivity contribution is 7.91. The van der Waals surface area contributed by atoms with Gasteiger partial charge in [0.2, 0.25) is 0 Å². The van der Waals surface area contributed by atoms with Crippen molar-refractivity contribution in [1.82, 2.24) is 0 Å². The molecule has 0 unspecified atom stereocenters. The van der Waals surface area contributed by atoms with E-state index in [1.54, 1.807) is 13.0 Å². The molecule has 0 aliphatic carbocycles. The number of rotatable bonds is 3. The molecule has 2 rings (SSSR count). The number of benzene rings is 1. The topological polar surface area (TPSA) is 76.4 Å². The zero-order chi connectivity index (χ0) is 13.2. The highest BCUT2D eigenvalue weighted by atomic mass is 32.2. The van der Waals surface area contributed by atoms with Gasteiger partial charge in [-0.15, -0.1) is 0 Å². The van der Waals surface area contributed by atoms with Gasteiger partial charge in [-0.1, -0.05) is 0 Å². The molecule has 96 valence electrons. The predicted molar refractivity (Wildman–Crippen MR) is 64.5 cm³/mol. The van der Waals surface area contributed by atoms with Gasteiger partial charge in [-0.25, -0.2) is 8.42 Å². The lowest BCUT2D eigenvalue weighted by molar-refractivity contribution is 0.171. The molecule has 0 N–H and O–H groups in total. The summed E-state index contributed by atoms with van der Waals surface area (Å²) in [6.07, 6.45) is -0.0176. The van der Waals surface area contributed by atoms with Crippen LogP contribution >= 0.6 is 0 Å². The van der Waals surface area contributed by atoms with E-state index in [-0.39, 0.29) is 17.1 Å². The summed E-state index contributed by atoms with van der Waals surface area (Å²) in [6.45, 7) is 2.58. The molecule has 0 saturated carbocycles. The van der Waals surface area contributed by atoms with Crippen LogP contribution < -0.4 is 9.47 Å². The quantitative estimate of drug-likeness (QED) is 0.828. The number of ether oxygens (including phenoxy) is 2. The minimum atomic E-state index is -3.44. The Bertz CT molecular complexity index is 601. The third-order valence-corrected chi connectivity index (χ3v) is 4.51. The maximum atomic E-state index is 12.1. The monoisotopic (exact) mass is 267 g/mol. The molecular weight excluding hydrogens is 254 g/mol. The molecule has 0 amide bonds. The van der Waals surface area contributed by atoms with Crippen molar-refractivity contribution in [2.75, 3.05) is 19.0 Å². The summed E-state index contributed by atoms with van der Waals surface area (Å²) in [5.41, 5.74) is 0.609. The summed E-state index contributed by atoms with van der Waals surface area (Å²) in [5, 5.41) is 8.48. The molecule has 1 aromatic carbocycles. The van der Waals surface area contributed by atoms with E-state index in [4.69, 9.17) is 14.7 Å². The minimum absolute atomic E-state index is 0.0176. The highest BCUT2D eigenvalue weighted by Gasteiger charge is 2.22. The van der Waals surface area contributed by atoms with E-state index >= 15 is 0 Å². The fourth-order valence-electron chi connectivity index (χ4n) is 1.80. The maximum Gasteiger partial charge on any atom is 0.179 e. The first-order chi connectivity index (χ1) is 8.54. The van der Waals surface area contributed by atoms with Crippen molar-refractivity contribution in [3.8, 4) is 17.6 Å². The molecule has 0 aromatic heterocycles. The summed E-state index contributed by atoms with van der Waals surface area (Å²) in [4.78, 5) is 0.210. The number of sulfone groups is 1. The SMILES string of the molecule is Cc1cc2c(cc1S(=O)(=O)CCC#N)OCCO2. The molecule has 1 aliphatic rings. The number of hydrogen-bond acceptors (Lipinski definition) is 5. The lowest BCUT2D eigenvalue weighted by Crippen LogP contribution is -2.17. The second kappa shape index (κ2) is 4.86. The Morgan fingerprint density at radius 3 is 2.50 bits per heavy atom. The van der Waals surface area contributed by atoms with Crippen LogP contribution in [0.2, 0.25) is 0 Å². The van der Waals surface area contributed by atoms with Gasteiger partial charge in [-0.3, -0.25) is 0 Å². The number of nitriles is 1. The number of fused-ring (bicyclic) bond motifs is 1. The van der Waals surface area contributed by atoms with E-state index in [0.29, 0.717) is 30.3 Å². The van der Waals surface area contributed by atoms with Crippen molar-refractivity contribution < 1.29 is 17.9 Å². The Hall–Kier alpha value is -1.74. The van der Waals surface area contributed by atoms with Gasteiger partial charge in [-0.05, 0) is 18.6 Å². The van der Waals surface area contributed by atoms with Crippen molar-refractivity contribution in [2.24, 2.45) is 0 Å². The summed E-state index contributed by atoms with van der Waals surface area (Å²) >= 11 is 0. The Morgan fingerprint density at radius 1 is 1.28 bits per heavy atom. The molecule has 0 spiro atoms. The summed E-state index contributed by atoms with van der Waals surface area (Å²) in [6, 6.07) is 4.98. The van der Waals surface area contributed by atoms with Gasteiger partial charge in [0.25, 0.3) is 0 Å². The van der Waals surface area contributed by atoms with Gasteiger partial charge >= 0.3 is 0 Å². The molecule has 0 bridgehead atoms. The first-order valence-electron chi connectivity index (χ1n) is 5.54. The third kappa shape index (κ3) is 2.41. The molecule has 0 radical (unpaired) electrons. The molecule has 18 heavy (non-hydrogen) atoms. The fraction of sp³-hybridized carbons (Fsp3) is 0.417. The average Bonchev–Trinajstić information content (AvgIpc) is 2.35. The molecule has 1 heterocycles.